The third kappa shape index (κ3) is 5.06. The van der Waals surface area contributed by atoms with Crippen molar-refractivity contribution in [3.05, 3.63) is 58.6 Å². The fourth-order valence-electron chi connectivity index (χ4n) is 3.19. The monoisotopic (exact) mass is 480 g/mol. The molecule has 2 aromatic rings. The van der Waals surface area contributed by atoms with Crippen LogP contribution in [0.4, 0.5) is 5.69 Å². The Morgan fingerprint density at radius 2 is 1.83 bits per heavy atom. The minimum Gasteiger partial charge on any atom is -0.379 e. The predicted molar refractivity (Wildman–Crippen MR) is 117 cm³/mol. The van der Waals surface area contributed by atoms with E-state index >= 15 is 0 Å². The van der Waals surface area contributed by atoms with E-state index in [2.05, 4.69) is 22.9 Å². The van der Waals surface area contributed by atoms with Crippen LogP contribution in [0.2, 0.25) is 0 Å². The number of hydrogen-bond donors (Lipinski definition) is 0. The highest BCUT2D eigenvalue weighted by molar-refractivity contribution is 9.10. The van der Waals surface area contributed by atoms with E-state index in [4.69, 9.17) is 4.74 Å². The zero-order valence-corrected chi connectivity index (χ0v) is 18.8. The van der Waals surface area contributed by atoms with Crippen LogP contribution in [0.5, 0.6) is 0 Å². The van der Waals surface area contributed by atoms with Gasteiger partial charge in [-0.05, 0) is 52.7 Å². The molecule has 0 atom stereocenters. The largest absolute Gasteiger partial charge is 0.379 e. The summed E-state index contributed by atoms with van der Waals surface area (Å²) in [5, 5.41) is 0. The molecule has 0 radical (unpaired) electrons. The first-order chi connectivity index (χ1) is 13.9. The number of halogens is 1. The number of benzene rings is 2. The number of hydrogen-bond acceptors (Lipinski definition) is 4. The highest BCUT2D eigenvalue weighted by Gasteiger charge is 2.29. The first kappa shape index (κ1) is 22.0. The summed E-state index contributed by atoms with van der Waals surface area (Å²) in [4.78, 5) is 15.1. The summed E-state index contributed by atoms with van der Waals surface area (Å²) in [6.45, 7) is 3.99. The van der Waals surface area contributed by atoms with Gasteiger partial charge < -0.3 is 9.64 Å². The molecule has 156 valence electrons. The summed E-state index contributed by atoms with van der Waals surface area (Å²) in [5.41, 5.74) is 1.14. The maximum atomic E-state index is 13.3. The van der Waals surface area contributed by atoms with E-state index in [0.717, 1.165) is 18.5 Å². The molecule has 0 N–H and O–H groups in total. The lowest BCUT2D eigenvalue weighted by Crippen LogP contribution is -2.40. The van der Waals surface area contributed by atoms with E-state index in [1.54, 1.807) is 17.0 Å². The first-order valence-corrected chi connectivity index (χ1v) is 11.9. The Labute approximate surface area is 180 Å². The Morgan fingerprint density at radius 3 is 2.48 bits per heavy atom. The van der Waals surface area contributed by atoms with Crippen LogP contribution in [0.1, 0.15) is 30.1 Å². The number of nitrogens with zero attached hydrogens (tertiary/aromatic N) is 2. The van der Waals surface area contributed by atoms with E-state index in [-0.39, 0.29) is 10.8 Å². The van der Waals surface area contributed by atoms with E-state index in [1.807, 2.05) is 30.3 Å². The molecule has 1 aliphatic rings. The number of carbonyl (C=O) groups is 1. The molecule has 0 unspecified atom stereocenters. The van der Waals surface area contributed by atoms with Crippen LogP contribution in [0, 0.1) is 0 Å². The van der Waals surface area contributed by atoms with Gasteiger partial charge in [-0.1, -0.05) is 31.5 Å². The van der Waals surface area contributed by atoms with Crippen LogP contribution in [0.25, 0.3) is 0 Å². The quantitative estimate of drug-likeness (QED) is 0.602. The highest BCUT2D eigenvalue weighted by atomic mass is 79.9. The number of rotatable bonds is 7. The third-order valence-electron chi connectivity index (χ3n) is 4.81. The predicted octanol–water partition coefficient (Wildman–Crippen LogP) is 3.92. The van der Waals surface area contributed by atoms with Crippen molar-refractivity contribution in [2.45, 2.75) is 24.7 Å². The second-order valence-electron chi connectivity index (χ2n) is 6.81. The number of ether oxygens (including phenoxy) is 1. The van der Waals surface area contributed by atoms with Gasteiger partial charge in [-0.2, -0.15) is 4.31 Å². The number of sulfonamides is 1. The summed E-state index contributed by atoms with van der Waals surface area (Å²) >= 11 is 3.34. The van der Waals surface area contributed by atoms with Crippen LogP contribution in [-0.2, 0) is 14.8 Å². The van der Waals surface area contributed by atoms with E-state index in [1.165, 1.54) is 10.4 Å². The zero-order chi connectivity index (χ0) is 20.9. The van der Waals surface area contributed by atoms with Crippen LogP contribution in [0.15, 0.2) is 57.9 Å². The molecule has 1 fully saturated rings. The molecule has 0 saturated carbocycles. The average Bonchev–Trinajstić information content (AvgIpc) is 2.75. The molecule has 1 saturated heterocycles. The molecule has 1 amide bonds. The lowest BCUT2D eigenvalue weighted by molar-refractivity contribution is 0.0730. The molecule has 0 aromatic heterocycles. The maximum Gasteiger partial charge on any atom is 0.258 e. The van der Waals surface area contributed by atoms with Gasteiger partial charge in [0.25, 0.3) is 5.91 Å². The lowest BCUT2D eigenvalue weighted by Gasteiger charge is -2.27. The number of carbonyl (C=O) groups excluding carboxylic acids is 1. The van der Waals surface area contributed by atoms with Crippen LogP contribution < -0.4 is 4.90 Å². The topological polar surface area (TPSA) is 66.9 Å². The fraction of sp³-hybridized carbons (Fsp3) is 0.381. The van der Waals surface area contributed by atoms with Crippen molar-refractivity contribution in [1.82, 2.24) is 4.31 Å². The first-order valence-electron chi connectivity index (χ1n) is 9.69. The van der Waals surface area contributed by atoms with Gasteiger partial charge in [0.05, 0.1) is 18.1 Å². The molecular formula is C21H25BrN2O4S. The minimum atomic E-state index is -3.72. The van der Waals surface area contributed by atoms with Crippen LogP contribution in [0.3, 0.4) is 0 Å². The van der Waals surface area contributed by atoms with E-state index in [0.29, 0.717) is 42.9 Å². The Morgan fingerprint density at radius 1 is 1.14 bits per heavy atom. The Balaban J connectivity index is 1.95. The molecule has 3 rings (SSSR count). The second kappa shape index (κ2) is 9.84. The summed E-state index contributed by atoms with van der Waals surface area (Å²) in [5.74, 6) is -0.212. The van der Waals surface area contributed by atoms with Crippen molar-refractivity contribution >= 4 is 37.5 Å². The van der Waals surface area contributed by atoms with Gasteiger partial charge in [0.2, 0.25) is 10.0 Å². The van der Waals surface area contributed by atoms with Crippen LogP contribution in [-0.4, -0.2) is 51.5 Å². The SMILES string of the molecule is CCCCN(C(=O)c1ccc(Br)c(S(=O)(=O)N2CCOCC2)c1)c1ccccc1. The van der Waals surface area contributed by atoms with Gasteiger partial charge in [-0.25, -0.2) is 8.42 Å². The molecule has 0 bridgehead atoms. The molecule has 2 aromatic carbocycles. The normalized spacial score (nSPS) is 15.2. The molecule has 6 nitrogen and oxygen atoms in total. The molecule has 29 heavy (non-hydrogen) atoms. The molecular weight excluding hydrogens is 456 g/mol. The van der Waals surface area contributed by atoms with E-state index < -0.39 is 10.0 Å². The van der Waals surface area contributed by atoms with Gasteiger partial charge in [0.1, 0.15) is 0 Å². The lowest BCUT2D eigenvalue weighted by atomic mass is 10.1. The smallest absolute Gasteiger partial charge is 0.258 e. The molecule has 8 heteroatoms. The summed E-state index contributed by atoms with van der Waals surface area (Å²) < 4.78 is 33.3. The van der Waals surface area contributed by atoms with Crippen molar-refractivity contribution < 1.29 is 17.9 Å². The fourth-order valence-corrected chi connectivity index (χ4v) is 5.55. The van der Waals surface area contributed by atoms with Gasteiger partial charge in [-0.3, -0.25) is 4.79 Å². The number of amides is 1. The maximum absolute atomic E-state index is 13.3. The summed E-state index contributed by atoms with van der Waals surface area (Å²) in [7, 11) is -3.72. The summed E-state index contributed by atoms with van der Waals surface area (Å²) in [6.07, 6.45) is 1.81. The van der Waals surface area contributed by atoms with Crippen molar-refractivity contribution in [1.29, 1.82) is 0 Å². The third-order valence-corrected chi connectivity index (χ3v) is 7.71. The van der Waals surface area contributed by atoms with Crippen molar-refractivity contribution in [2.75, 3.05) is 37.7 Å². The van der Waals surface area contributed by atoms with Crippen molar-refractivity contribution in [3.8, 4) is 0 Å². The van der Waals surface area contributed by atoms with E-state index in [9.17, 15) is 13.2 Å². The number of morpholine rings is 1. The Kier molecular flexibility index (Phi) is 7.45. The van der Waals surface area contributed by atoms with Crippen molar-refractivity contribution in [3.63, 3.8) is 0 Å². The van der Waals surface area contributed by atoms with Gasteiger partial charge in [0.15, 0.2) is 0 Å². The average molecular weight is 481 g/mol. The highest BCUT2D eigenvalue weighted by Crippen LogP contribution is 2.28. The van der Waals surface area contributed by atoms with Crippen molar-refractivity contribution in [2.24, 2.45) is 0 Å². The van der Waals surface area contributed by atoms with Gasteiger partial charge in [0, 0.05) is 35.4 Å². The van der Waals surface area contributed by atoms with Gasteiger partial charge in [-0.15, -0.1) is 0 Å². The second-order valence-corrected chi connectivity index (χ2v) is 9.57. The van der Waals surface area contributed by atoms with Crippen LogP contribution >= 0.6 is 15.9 Å². The van der Waals surface area contributed by atoms with Gasteiger partial charge >= 0.3 is 0 Å². The molecule has 1 heterocycles. The summed E-state index contributed by atoms with van der Waals surface area (Å²) in [6, 6.07) is 14.2. The number of para-hydroxylation sites is 1. The molecule has 0 spiro atoms. The molecule has 0 aliphatic carbocycles. The number of unbranched alkanes of at least 4 members (excludes halogenated alkanes) is 1. The Hall–Kier alpha value is -1.74. The number of anilines is 1. The zero-order valence-electron chi connectivity index (χ0n) is 16.4. The Bertz CT molecular complexity index is 944. The molecule has 1 aliphatic heterocycles. The standard InChI is InChI=1S/C21H25BrN2O4S/c1-2-3-11-24(18-7-5-4-6-8-18)21(25)17-9-10-19(22)20(16-17)29(26,27)23-12-14-28-15-13-23/h4-10,16H,2-3,11-15H2,1H3. The minimum absolute atomic E-state index is 0.105.